The first kappa shape index (κ1) is 22.3. The van der Waals surface area contributed by atoms with Gasteiger partial charge in [0, 0.05) is 42.0 Å². The van der Waals surface area contributed by atoms with Gasteiger partial charge in [-0.1, -0.05) is 15.9 Å². The van der Waals surface area contributed by atoms with Crippen LogP contribution >= 0.6 is 47.8 Å². The first-order valence-corrected chi connectivity index (χ1v) is 10.1. The number of hydrazone groups is 1. The molecule has 2 aromatic carbocycles. The van der Waals surface area contributed by atoms with Crippen molar-refractivity contribution in [2.45, 2.75) is 0 Å². The molecule has 0 atom stereocenters. The summed E-state index contributed by atoms with van der Waals surface area (Å²) in [4.78, 5) is 24.2. The Morgan fingerprint density at radius 1 is 1.25 bits per heavy atom. The lowest BCUT2D eigenvalue weighted by atomic mass is 10.1. The van der Waals surface area contributed by atoms with Crippen molar-refractivity contribution < 1.29 is 14.5 Å². The van der Waals surface area contributed by atoms with Gasteiger partial charge in [0.05, 0.1) is 20.1 Å². The van der Waals surface area contributed by atoms with Gasteiger partial charge >= 0.3 is 0 Å². The summed E-state index contributed by atoms with van der Waals surface area (Å²) >= 11 is 10.1. The molecular formula is C17H15Br3N4O4. The summed E-state index contributed by atoms with van der Waals surface area (Å²) in [6.07, 6.45) is 1.35. The monoisotopic (exact) mass is 576 g/mol. The molecular weight excluding hydrogens is 564 g/mol. The van der Waals surface area contributed by atoms with Crippen LogP contribution in [0.25, 0.3) is 0 Å². The average Bonchev–Trinajstić information content (AvgIpc) is 2.60. The topological polar surface area (TPSA) is 97.1 Å². The normalized spacial score (nSPS) is 10.8. The molecule has 1 amide bonds. The molecule has 148 valence electrons. The van der Waals surface area contributed by atoms with E-state index in [9.17, 15) is 14.9 Å². The van der Waals surface area contributed by atoms with Gasteiger partial charge in [-0.25, -0.2) is 5.43 Å². The number of hydrogen-bond donors (Lipinski definition) is 1. The zero-order valence-electron chi connectivity index (χ0n) is 14.8. The summed E-state index contributed by atoms with van der Waals surface area (Å²) in [5, 5.41) is 14.8. The van der Waals surface area contributed by atoms with E-state index in [4.69, 9.17) is 4.74 Å². The Morgan fingerprint density at radius 2 is 1.89 bits per heavy atom. The second kappa shape index (κ2) is 9.99. The van der Waals surface area contributed by atoms with Crippen LogP contribution in [-0.4, -0.2) is 37.7 Å². The molecule has 0 aliphatic heterocycles. The molecule has 0 saturated heterocycles. The number of halogens is 3. The third-order valence-electron chi connectivity index (χ3n) is 3.41. The minimum absolute atomic E-state index is 0.0633. The minimum atomic E-state index is -0.489. The maximum Gasteiger partial charge on any atom is 0.277 e. The van der Waals surface area contributed by atoms with Gasteiger partial charge in [0.1, 0.15) is 5.75 Å². The molecule has 0 radical (unpaired) electrons. The highest BCUT2D eigenvalue weighted by molar-refractivity contribution is 9.11. The molecule has 0 spiro atoms. The van der Waals surface area contributed by atoms with Crippen molar-refractivity contribution in [3.05, 3.63) is 59.4 Å². The Bertz CT molecular complexity index is 912. The zero-order chi connectivity index (χ0) is 20.8. The summed E-state index contributed by atoms with van der Waals surface area (Å²) in [7, 11) is 3.61. The van der Waals surface area contributed by atoms with E-state index in [0.29, 0.717) is 20.3 Å². The molecule has 0 unspecified atom stereocenters. The summed E-state index contributed by atoms with van der Waals surface area (Å²) in [5.74, 6) is 0.00529. The third kappa shape index (κ3) is 6.01. The third-order valence-corrected chi connectivity index (χ3v) is 5.04. The van der Waals surface area contributed by atoms with E-state index in [-0.39, 0.29) is 12.3 Å². The number of non-ortho nitro benzene ring substituents is 1. The van der Waals surface area contributed by atoms with Gasteiger partial charge in [-0.05, 0) is 50.1 Å². The number of hydrogen-bond acceptors (Lipinski definition) is 6. The molecule has 0 aliphatic carbocycles. The predicted octanol–water partition coefficient (Wildman–Crippen LogP) is 4.48. The van der Waals surface area contributed by atoms with E-state index in [1.54, 1.807) is 37.2 Å². The maximum absolute atomic E-state index is 12.0. The number of ether oxygens (including phenoxy) is 1. The van der Waals surface area contributed by atoms with E-state index in [0.717, 1.165) is 10.2 Å². The smallest absolute Gasteiger partial charge is 0.277 e. The number of benzene rings is 2. The van der Waals surface area contributed by atoms with Crippen molar-refractivity contribution in [2.24, 2.45) is 5.10 Å². The van der Waals surface area contributed by atoms with Gasteiger partial charge in [0.25, 0.3) is 11.6 Å². The molecule has 1 N–H and O–H groups in total. The molecule has 2 rings (SSSR count). The second-order valence-electron chi connectivity index (χ2n) is 5.68. The highest BCUT2D eigenvalue weighted by Crippen LogP contribution is 2.36. The Kier molecular flexibility index (Phi) is 7.96. The fraction of sp³-hybridized carbons (Fsp3) is 0.176. The van der Waals surface area contributed by atoms with Crippen LogP contribution < -0.4 is 15.1 Å². The van der Waals surface area contributed by atoms with Crippen molar-refractivity contribution in [3.8, 4) is 5.75 Å². The van der Waals surface area contributed by atoms with Crippen LogP contribution in [0.5, 0.6) is 5.75 Å². The van der Waals surface area contributed by atoms with E-state index in [2.05, 4.69) is 58.3 Å². The Morgan fingerprint density at radius 3 is 2.46 bits per heavy atom. The number of carbonyl (C=O) groups excluding carboxylic acids is 1. The van der Waals surface area contributed by atoms with Gasteiger partial charge in [-0.2, -0.15) is 5.10 Å². The molecule has 11 heteroatoms. The lowest BCUT2D eigenvalue weighted by Gasteiger charge is -2.15. The number of carbonyl (C=O) groups is 1. The van der Waals surface area contributed by atoms with Gasteiger partial charge < -0.3 is 9.64 Å². The van der Waals surface area contributed by atoms with Crippen LogP contribution in [-0.2, 0) is 4.79 Å². The van der Waals surface area contributed by atoms with Crippen molar-refractivity contribution in [1.82, 2.24) is 5.43 Å². The average molecular weight is 579 g/mol. The number of nitrogens with zero attached hydrogens (tertiary/aromatic N) is 3. The van der Waals surface area contributed by atoms with Gasteiger partial charge in [0.2, 0.25) is 0 Å². The first-order chi connectivity index (χ1) is 13.2. The molecule has 0 heterocycles. The highest BCUT2D eigenvalue weighted by atomic mass is 79.9. The maximum atomic E-state index is 12.0. The molecule has 0 fully saturated rings. The number of rotatable bonds is 7. The van der Waals surface area contributed by atoms with Gasteiger partial charge in [-0.3, -0.25) is 14.9 Å². The van der Waals surface area contributed by atoms with Crippen LogP contribution in [0.1, 0.15) is 5.56 Å². The molecule has 8 nitrogen and oxygen atoms in total. The Labute approximate surface area is 186 Å². The molecule has 0 saturated carbocycles. The molecule has 0 aliphatic rings. The number of nitrogens with one attached hydrogen (secondary N) is 1. The standard InChI is InChI=1S/C17H15Br3N4O4/c1-23(2)15-4-3-12(24(26)27)5-10(15)8-21-22-16(25)9-28-17-13(19)6-11(18)7-14(17)20/h3-8H,9H2,1-2H3,(H,22,25). The molecule has 28 heavy (non-hydrogen) atoms. The van der Waals surface area contributed by atoms with E-state index < -0.39 is 10.8 Å². The van der Waals surface area contributed by atoms with Crippen LogP contribution in [0.4, 0.5) is 11.4 Å². The molecule has 0 bridgehead atoms. The van der Waals surface area contributed by atoms with Crippen LogP contribution in [0.3, 0.4) is 0 Å². The SMILES string of the molecule is CN(C)c1ccc([N+](=O)[O-])cc1C=NNC(=O)COc1c(Br)cc(Br)cc1Br. The summed E-state index contributed by atoms with van der Waals surface area (Å²) in [6, 6.07) is 8.00. The Hall–Kier alpha value is -1.98. The quantitative estimate of drug-likeness (QED) is 0.297. The van der Waals surface area contributed by atoms with E-state index in [1.165, 1.54) is 18.3 Å². The first-order valence-electron chi connectivity index (χ1n) is 7.74. The van der Waals surface area contributed by atoms with Crippen molar-refractivity contribution in [1.29, 1.82) is 0 Å². The van der Waals surface area contributed by atoms with Crippen molar-refractivity contribution in [2.75, 3.05) is 25.6 Å². The fourth-order valence-electron chi connectivity index (χ4n) is 2.18. The summed E-state index contributed by atoms with van der Waals surface area (Å²) in [5.41, 5.74) is 3.50. The highest BCUT2D eigenvalue weighted by Gasteiger charge is 2.12. The van der Waals surface area contributed by atoms with Crippen LogP contribution in [0.15, 0.2) is 48.9 Å². The lowest BCUT2D eigenvalue weighted by Crippen LogP contribution is -2.25. The number of nitro groups is 1. The lowest BCUT2D eigenvalue weighted by molar-refractivity contribution is -0.384. The van der Waals surface area contributed by atoms with Crippen molar-refractivity contribution >= 4 is 71.3 Å². The van der Waals surface area contributed by atoms with Crippen molar-refractivity contribution in [3.63, 3.8) is 0 Å². The summed E-state index contributed by atoms with van der Waals surface area (Å²) < 4.78 is 7.71. The zero-order valence-corrected chi connectivity index (χ0v) is 19.5. The van der Waals surface area contributed by atoms with Gasteiger partial charge in [-0.15, -0.1) is 0 Å². The Balaban J connectivity index is 2.04. The second-order valence-corrected chi connectivity index (χ2v) is 8.30. The molecule has 0 aromatic heterocycles. The summed E-state index contributed by atoms with van der Waals surface area (Å²) in [6.45, 7) is -0.258. The van der Waals surface area contributed by atoms with Crippen LogP contribution in [0, 0.1) is 10.1 Å². The van der Waals surface area contributed by atoms with Crippen LogP contribution in [0.2, 0.25) is 0 Å². The number of nitro benzene ring substituents is 1. The predicted molar refractivity (Wildman–Crippen MR) is 118 cm³/mol. The fourth-order valence-corrected chi connectivity index (χ4v) is 4.66. The minimum Gasteiger partial charge on any atom is -0.481 e. The van der Waals surface area contributed by atoms with E-state index in [1.807, 2.05) is 0 Å². The van der Waals surface area contributed by atoms with Gasteiger partial charge in [0.15, 0.2) is 6.61 Å². The number of amides is 1. The van der Waals surface area contributed by atoms with E-state index >= 15 is 0 Å². The number of anilines is 1. The largest absolute Gasteiger partial charge is 0.481 e. The molecule has 2 aromatic rings.